The Hall–Kier alpha value is -1.49. The van der Waals surface area contributed by atoms with E-state index in [0.29, 0.717) is 27.6 Å². The van der Waals surface area contributed by atoms with E-state index in [1.807, 2.05) is 0 Å². The molecule has 1 N–H and O–H groups in total. The van der Waals surface area contributed by atoms with Crippen LogP contribution in [0.15, 0.2) is 30.3 Å². The van der Waals surface area contributed by atoms with Gasteiger partial charge in [0, 0.05) is 22.2 Å². The smallest absolute Gasteiger partial charge is 0.167 e. The van der Waals surface area contributed by atoms with Crippen LogP contribution in [0.1, 0.15) is 11.1 Å². The Morgan fingerprint density at radius 1 is 1.14 bits per heavy atom. The summed E-state index contributed by atoms with van der Waals surface area (Å²) in [6.45, 7) is -0.131. The summed E-state index contributed by atoms with van der Waals surface area (Å²) in [5.74, 6) is 0.374. The largest absolute Gasteiger partial charge is 0.493 e. The van der Waals surface area contributed by atoms with Gasteiger partial charge < -0.3 is 14.6 Å². The number of rotatable bonds is 5. The highest BCUT2D eigenvalue weighted by atomic mass is 35.5. The Kier molecular flexibility index (Phi) is 5.28. The maximum Gasteiger partial charge on any atom is 0.167 e. The highest BCUT2D eigenvalue weighted by Crippen LogP contribution is 2.35. The number of hydrogen-bond acceptors (Lipinski definition) is 3. The van der Waals surface area contributed by atoms with E-state index >= 15 is 0 Å². The molecule has 2 rings (SSSR count). The minimum absolute atomic E-state index is 0.115. The number of ether oxygens (including phenoxy) is 2. The van der Waals surface area contributed by atoms with Crippen LogP contribution in [0.2, 0.25) is 10.0 Å². The number of hydrogen-bond donors (Lipinski definition) is 1. The van der Waals surface area contributed by atoms with Crippen LogP contribution in [0.4, 0.5) is 4.39 Å². The monoisotopic (exact) mass is 330 g/mol. The second-order valence-corrected chi connectivity index (χ2v) is 5.12. The van der Waals surface area contributed by atoms with E-state index in [2.05, 4.69) is 0 Å². The first kappa shape index (κ1) is 15.9. The summed E-state index contributed by atoms with van der Waals surface area (Å²) >= 11 is 11.9. The van der Waals surface area contributed by atoms with E-state index in [1.54, 1.807) is 18.2 Å². The summed E-state index contributed by atoms with van der Waals surface area (Å²) in [4.78, 5) is 0. The van der Waals surface area contributed by atoms with E-state index in [-0.39, 0.29) is 18.2 Å². The minimum Gasteiger partial charge on any atom is -0.493 e. The summed E-state index contributed by atoms with van der Waals surface area (Å²) in [5.41, 5.74) is 1.12. The zero-order valence-electron chi connectivity index (χ0n) is 11.2. The van der Waals surface area contributed by atoms with Crippen molar-refractivity contribution in [2.24, 2.45) is 0 Å². The average molecular weight is 331 g/mol. The quantitative estimate of drug-likeness (QED) is 0.892. The van der Waals surface area contributed by atoms with Crippen LogP contribution in [0.3, 0.4) is 0 Å². The molecule has 0 unspecified atom stereocenters. The van der Waals surface area contributed by atoms with Crippen molar-refractivity contribution in [2.45, 2.75) is 13.2 Å². The molecular formula is C15H13Cl2FO3. The third-order valence-corrected chi connectivity index (χ3v) is 3.44. The van der Waals surface area contributed by atoms with Gasteiger partial charge in [0.25, 0.3) is 0 Å². The van der Waals surface area contributed by atoms with Crippen LogP contribution in [0.25, 0.3) is 0 Å². The van der Waals surface area contributed by atoms with Crippen molar-refractivity contribution in [3.63, 3.8) is 0 Å². The topological polar surface area (TPSA) is 38.7 Å². The average Bonchev–Trinajstić information content (AvgIpc) is 2.46. The second kappa shape index (κ2) is 6.98. The number of aliphatic hydroxyl groups is 1. The predicted molar refractivity (Wildman–Crippen MR) is 79.7 cm³/mol. The van der Waals surface area contributed by atoms with Crippen LogP contribution in [0.5, 0.6) is 11.5 Å². The van der Waals surface area contributed by atoms with E-state index in [0.717, 1.165) is 0 Å². The lowest BCUT2D eigenvalue weighted by Crippen LogP contribution is -2.02. The van der Waals surface area contributed by atoms with Crippen molar-refractivity contribution >= 4 is 23.2 Å². The first-order chi connectivity index (χ1) is 10.0. The molecule has 112 valence electrons. The van der Waals surface area contributed by atoms with Gasteiger partial charge in [0.15, 0.2) is 11.5 Å². The zero-order valence-corrected chi connectivity index (χ0v) is 12.7. The maximum atomic E-state index is 13.0. The number of halogens is 3. The highest BCUT2D eigenvalue weighted by molar-refractivity contribution is 6.31. The van der Waals surface area contributed by atoms with Gasteiger partial charge in [-0.1, -0.05) is 29.3 Å². The molecule has 0 aliphatic carbocycles. The Bertz CT molecular complexity index is 622. The van der Waals surface area contributed by atoms with Gasteiger partial charge in [-0.2, -0.15) is 0 Å². The minimum atomic E-state index is -0.413. The third-order valence-electron chi connectivity index (χ3n) is 2.87. The number of aliphatic hydroxyl groups excluding tert-OH is 1. The standard InChI is InChI=1S/C15H13Cl2FO3/c1-20-14-5-11(16)4-10(7-19)15(14)21-8-9-2-3-12(18)6-13(9)17/h2-6,19H,7-8H2,1H3. The van der Waals surface area contributed by atoms with Gasteiger partial charge in [0.2, 0.25) is 0 Å². The fraction of sp³-hybridized carbons (Fsp3) is 0.200. The van der Waals surface area contributed by atoms with E-state index < -0.39 is 5.82 Å². The Morgan fingerprint density at radius 3 is 2.52 bits per heavy atom. The molecule has 0 aromatic heterocycles. The lowest BCUT2D eigenvalue weighted by atomic mass is 10.2. The maximum absolute atomic E-state index is 13.0. The molecule has 0 fully saturated rings. The van der Waals surface area contributed by atoms with E-state index in [1.165, 1.54) is 19.2 Å². The SMILES string of the molecule is COc1cc(Cl)cc(CO)c1OCc1ccc(F)cc1Cl. The first-order valence-electron chi connectivity index (χ1n) is 6.09. The lowest BCUT2D eigenvalue weighted by molar-refractivity contribution is 0.250. The van der Waals surface area contributed by atoms with Gasteiger partial charge in [-0.3, -0.25) is 0 Å². The van der Waals surface area contributed by atoms with Crippen molar-refractivity contribution in [1.29, 1.82) is 0 Å². The van der Waals surface area contributed by atoms with E-state index in [4.69, 9.17) is 32.7 Å². The van der Waals surface area contributed by atoms with E-state index in [9.17, 15) is 9.50 Å². The molecule has 21 heavy (non-hydrogen) atoms. The van der Waals surface area contributed by atoms with Crippen molar-refractivity contribution in [3.05, 3.63) is 57.3 Å². The molecule has 0 aliphatic rings. The molecule has 3 nitrogen and oxygen atoms in total. The van der Waals surface area contributed by atoms with Crippen LogP contribution >= 0.6 is 23.2 Å². The molecule has 2 aromatic carbocycles. The van der Waals surface area contributed by atoms with Gasteiger partial charge >= 0.3 is 0 Å². The molecule has 0 bridgehead atoms. The normalized spacial score (nSPS) is 10.5. The van der Waals surface area contributed by atoms with Crippen LogP contribution in [0, 0.1) is 5.82 Å². The fourth-order valence-corrected chi connectivity index (χ4v) is 2.30. The number of benzene rings is 2. The highest BCUT2D eigenvalue weighted by Gasteiger charge is 2.13. The summed E-state index contributed by atoms with van der Waals surface area (Å²) in [7, 11) is 1.48. The van der Waals surface area contributed by atoms with Gasteiger partial charge in [-0.15, -0.1) is 0 Å². The summed E-state index contributed by atoms with van der Waals surface area (Å²) in [5, 5.41) is 10.1. The van der Waals surface area contributed by atoms with Crippen LogP contribution in [-0.2, 0) is 13.2 Å². The fourth-order valence-electron chi connectivity index (χ4n) is 1.84. The van der Waals surface area contributed by atoms with Gasteiger partial charge in [0.05, 0.1) is 18.7 Å². The predicted octanol–water partition coefficient (Wildman–Crippen LogP) is 4.21. The summed E-state index contributed by atoms with van der Waals surface area (Å²) in [6.07, 6.45) is 0. The van der Waals surface area contributed by atoms with Crippen molar-refractivity contribution in [2.75, 3.05) is 7.11 Å². The van der Waals surface area contributed by atoms with Gasteiger partial charge in [-0.05, 0) is 18.2 Å². The molecule has 0 amide bonds. The third kappa shape index (κ3) is 3.79. The van der Waals surface area contributed by atoms with Crippen LogP contribution < -0.4 is 9.47 Å². The molecule has 0 saturated heterocycles. The van der Waals surface area contributed by atoms with Gasteiger partial charge in [0.1, 0.15) is 12.4 Å². The van der Waals surface area contributed by atoms with Crippen molar-refractivity contribution < 1.29 is 19.0 Å². The molecular weight excluding hydrogens is 318 g/mol. The van der Waals surface area contributed by atoms with Crippen molar-refractivity contribution in [1.82, 2.24) is 0 Å². The Labute approximate surface area is 131 Å². The first-order valence-corrected chi connectivity index (χ1v) is 6.84. The lowest BCUT2D eigenvalue weighted by Gasteiger charge is -2.15. The Balaban J connectivity index is 2.26. The molecule has 0 saturated carbocycles. The molecule has 2 aromatic rings. The molecule has 6 heteroatoms. The zero-order chi connectivity index (χ0) is 15.4. The molecule has 0 radical (unpaired) electrons. The molecule has 0 spiro atoms. The molecule has 0 aliphatic heterocycles. The molecule has 0 atom stereocenters. The van der Waals surface area contributed by atoms with Crippen molar-refractivity contribution in [3.8, 4) is 11.5 Å². The Morgan fingerprint density at radius 2 is 1.90 bits per heavy atom. The molecule has 0 heterocycles. The number of methoxy groups -OCH3 is 1. The van der Waals surface area contributed by atoms with Crippen LogP contribution in [-0.4, -0.2) is 12.2 Å². The summed E-state index contributed by atoms with van der Waals surface area (Å²) in [6, 6.07) is 7.23. The van der Waals surface area contributed by atoms with Gasteiger partial charge in [-0.25, -0.2) is 4.39 Å². The summed E-state index contributed by atoms with van der Waals surface area (Å²) < 4.78 is 23.9. The second-order valence-electron chi connectivity index (χ2n) is 4.28.